The second-order valence-corrected chi connectivity index (χ2v) is 6.53. The van der Waals surface area contributed by atoms with Crippen molar-refractivity contribution in [1.82, 2.24) is 0 Å². The summed E-state index contributed by atoms with van der Waals surface area (Å²) in [6.07, 6.45) is 7.39. The highest BCUT2D eigenvalue weighted by Gasteiger charge is 2.01. The number of thiocarbonyl (C=S) groups is 2. The molecule has 0 heterocycles. The number of rotatable bonds is 6. The van der Waals surface area contributed by atoms with Crippen LogP contribution in [0.3, 0.4) is 0 Å². The predicted octanol–water partition coefficient (Wildman–Crippen LogP) is 7.77. The van der Waals surface area contributed by atoms with Crippen molar-refractivity contribution in [2.75, 3.05) is 0 Å². The summed E-state index contributed by atoms with van der Waals surface area (Å²) in [5.74, 6) is -0.901. The van der Waals surface area contributed by atoms with Gasteiger partial charge in [-0.05, 0) is 71.0 Å². The highest BCUT2D eigenvalue weighted by Crippen LogP contribution is 2.21. The Morgan fingerprint density at radius 3 is 1.23 bits per heavy atom. The van der Waals surface area contributed by atoms with Gasteiger partial charge in [0.1, 0.15) is 23.0 Å². The third-order valence-corrected chi connectivity index (χ3v) is 4.33. The van der Waals surface area contributed by atoms with Gasteiger partial charge in [-0.1, -0.05) is 60.7 Å². The molecule has 0 spiro atoms. The van der Waals surface area contributed by atoms with Crippen LogP contribution in [-0.4, -0.2) is 10.3 Å². The van der Waals surface area contributed by atoms with Crippen molar-refractivity contribution in [2.24, 2.45) is 9.98 Å². The van der Waals surface area contributed by atoms with Crippen molar-refractivity contribution in [3.63, 3.8) is 0 Å². The zero-order chi connectivity index (χ0) is 21.3. The number of aliphatic imine (C=N–C) groups is 2. The number of hydrogen-bond acceptors (Lipinski definition) is 4. The van der Waals surface area contributed by atoms with Crippen LogP contribution in [0.25, 0.3) is 24.3 Å². The molecule has 0 saturated heterocycles. The predicted molar refractivity (Wildman–Crippen MR) is 126 cm³/mol. The third-order valence-electron chi connectivity index (χ3n) is 4.15. The largest absolute Gasteiger partial charge is 0.205 e. The van der Waals surface area contributed by atoms with Crippen molar-refractivity contribution >= 4 is 70.4 Å². The molecule has 0 amide bonds. The van der Waals surface area contributed by atoms with Crippen molar-refractivity contribution < 1.29 is 8.78 Å². The molecule has 6 heteroatoms. The Hall–Kier alpha value is -3.40. The van der Waals surface area contributed by atoms with Crippen molar-refractivity contribution in [1.29, 1.82) is 0 Å². The Bertz CT molecular complexity index is 1120. The molecule has 0 fully saturated rings. The van der Waals surface area contributed by atoms with Crippen LogP contribution in [0.4, 0.5) is 20.2 Å². The fourth-order valence-corrected chi connectivity index (χ4v) is 2.83. The first-order chi connectivity index (χ1) is 14.6. The van der Waals surface area contributed by atoms with Crippen LogP contribution in [-0.2, 0) is 0 Å². The highest BCUT2D eigenvalue weighted by atomic mass is 32.1. The maximum Gasteiger partial charge on any atom is 0.150 e. The molecule has 0 saturated carbocycles. The summed E-state index contributed by atoms with van der Waals surface area (Å²) in [4.78, 5) is 7.32. The molecule has 3 aromatic carbocycles. The number of halogens is 2. The van der Waals surface area contributed by atoms with Crippen molar-refractivity contribution in [3.8, 4) is 0 Å². The topological polar surface area (TPSA) is 24.7 Å². The first kappa shape index (κ1) is 21.3. The van der Waals surface area contributed by atoms with Crippen molar-refractivity contribution in [3.05, 3.63) is 94.6 Å². The van der Waals surface area contributed by atoms with Crippen LogP contribution in [0.2, 0.25) is 0 Å². The zero-order valence-corrected chi connectivity index (χ0v) is 17.2. The minimum Gasteiger partial charge on any atom is -0.205 e. The lowest BCUT2D eigenvalue weighted by atomic mass is 10.1. The molecule has 0 atom stereocenters. The molecular weight excluding hydrogens is 418 g/mol. The molecule has 0 aromatic heterocycles. The first-order valence-electron chi connectivity index (χ1n) is 8.80. The maximum atomic E-state index is 13.9. The van der Waals surface area contributed by atoms with Gasteiger partial charge in [0.25, 0.3) is 0 Å². The average Bonchev–Trinajstić information content (AvgIpc) is 2.75. The quantitative estimate of drug-likeness (QED) is 0.226. The summed E-state index contributed by atoms with van der Waals surface area (Å²) in [7, 11) is 0. The molecule has 0 aliphatic carbocycles. The average molecular weight is 433 g/mol. The van der Waals surface area contributed by atoms with E-state index < -0.39 is 11.6 Å². The van der Waals surface area contributed by atoms with E-state index in [-0.39, 0.29) is 11.4 Å². The van der Waals surface area contributed by atoms with Crippen LogP contribution in [0.15, 0.2) is 70.6 Å². The van der Waals surface area contributed by atoms with Gasteiger partial charge in [-0.3, -0.25) is 0 Å². The van der Waals surface area contributed by atoms with Gasteiger partial charge in [0.05, 0.1) is 10.3 Å². The molecule has 0 N–H and O–H groups in total. The Kier molecular flexibility index (Phi) is 7.39. The standard InChI is InChI=1S/C24H14F2N2S2/c25-21-13-19(9-11-23(21)27-15-29)7-5-17-1-2-18(4-3-17)6-8-20-10-12-24(28-16-30)22(26)14-20/h1-14H/b7-5+,8-6+. The fourth-order valence-electron chi connectivity index (χ4n) is 2.64. The lowest BCUT2D eigenvalue weighted by Crippen LogP contribution is -1.80. The molecule has 30 heavy (non-hydrogen) atoms. The van der Waals surface area contributed by atoms with Gasteiger partial charge < -0.3 is 0 Å². The second kappa shape index (κ2) is 10.4. The van der Waals surface area contributed by atoms with E-state index >= 15 is 0 Å². The SMILES string of the molecule is Fc1cc(/C=C/c2ccc(/C=C/c3ccc(N=C=S)c(F)c3)cc2)ccc1N=C=S. The summed E-state index contributed by atoms with van der Waals surface area (Å²) in [6, 6.07) is 17.2. The zero-order valence-electron chi connectivity index (χ0n) is 15.5. The van der Waals surface area contributed by atoms with E-state index in [4.69, 9.17) is 0 Å². The number of hydrogen-bond donors (Lipinski definition) is 0. The summed E-state index contributed by atoms with van der Waals surface area (Å²) < 4.78 is 27.7. The van der Waals surface area contributed by atoms with E-state index in [0.29, 0.717) is 11.1 Å². The Morgan fingerprint density at radius 1 is 0.567 bits per heavy atom. The summed E-state index contributed by atoms with van der Waals surface area (Å²) in [5, 5.41) is 4.31. The molecule has 0 radical (unpaired) electrons. The lowest BCUT2D eigenvalue weighted by molar-refractivity contribution is 0.629. The van der Waals surface area contributed by atoms with E-state index in [1.807, 2.05) is 48.6 Å². The van der Waals surface area contributed by atoms with E-state index in [2.05, 4.69) is 44.7 Å². The van der Waals surface area contributed by atoms with Gasteiger partial charge in [-0.25, -0.2) is 8.78 Å². The molecule has 3 aromatic rings. The van der Waals surface area contributed by atoms with Crippen LogP contribution < -0.4 is 0 Å². The van der Waals surface area contributed by atoms with Crippen LogP contribution in [0.5, 0.6) is 0 Å². The van der Waals surface area contributed by atoms with Crippen molar-refractivity contribution in [2.45, 2.75) is 0 Å². The van der Waals surface area contributed by atoms with E-state index in [0.717, 1.165) is 11.1 Å². The summed E-state index contributed by atoms with van der Waals surface area (Å²) in [6.45, 7) is 0. The summed E-state index contributed by atoms with van der Waals surface area (Å²) in [5.41, 5.74) is 3.67. The smallest absolute Gasteiger partial charge is 0.150 e. The maximum absolute atomic E-state index is 13.9. The van der Waals surface area contributed by atoms with Gasteiger partial charge in [0, 0.05) is 0 Å². The monoisotopic (exact) mass is 432 g/mol. The van der Waals surface area contributed by atoms with Crippen LogP contribution in [0.1, 0.15) is 22.3 Å². The molecule has 3 rings (SSSR count). The number of isothiocyanates is 2. The molecule has 2 nitrogen and oxygen atoms in total. The second-order valence-electron chi connectivity index (χ2n) is 6.16. The molecule has 0 unspecified atom stereocenters. The molecule has 0 bridgehead atoms. The van der Waals surface area contributed by atoms with Crippen LogP contribution >= 0.6 is 24.4 Å². The molecule has 146 valence electrons. The lowest BCUT2D eigenvalue weighted by Gasteiger charge is -2.00. The summed E-state index contributed by atoms with van der Waals surface area (Å²) >= 11 is 8.98. The fraction of sp³-hybridized carbons (Fsp3) is 0. The van der Waals surface area contributed by atoms with Crippen LogP contribution in [0, 0.1) is 11.6 Å². The number of nitrogens with zero attached hydrogens (tertiary/aromatic N) is 2. The van der Waals surface area contributed by atoms with E-state index in [9.17, 15) is 8.78 Å². The first-order valence-corrected chi connectivity index (χ1v) is 9.62. The minimum absolute atomic E-state index is 0.166. The molecule has 0 aliphatic rings. The van der Waals surface area contributed by atoms with E-state index in [1.54, 1.807) is 24.3 Å². The Morgan fingerprint density at radius 2 is 0.900 bits per heavy atom. The normalized spacial score (nSPS) is 10.7. The molecular formula is C24H14F2N2S2. The minimum atomic E-state index is -0.450. The van der Waals surface area contributed by atoms with Gasteiger partial charge in [-0.15, -0.1) is 0 Å². The van der Waals surface area contributed by atoms with E-state index in [1.165, 1.54) is 12.1 Å². The van der Waals surface area contributed by atoms with Gasteiger partial charge in [0.15, 0.2) is 0 Å². The highest BCUT2D eigenvalue weighted by molar-refractivity contribution is 7.78. The van der Waals surface area contributed by atoms with Gasteiger partial charge >= 0.3 is 0 Å². The van der Waals surface area contributed by atoms with Gasteiger partial charge in [0.2, 0.25) is 0 Å². The molecule has 0 aliphatic heterocycles. The third kappa shape index (κ3) is 5.80. The number of benzene rings is 3. The Labute approximate surface area is 183 Å². The van der Waals surface area contributed by atoms with Gasteiger partial charge in [-0.2, -0.15) is 9.98 Å². The Balaban J connectivity index is 1.69.